The third-order valence-corrected chi connectivity index (χ3v) is 2.37. The summed E-state index contributed by atoms with van der Waals surface area (Å²) in [5.41, 5.74) is 7.39. The number of carbonyl (C=O) groups is 1. The molecule has 4 nitrogen and oxygen atoms in total. The molecule has 1 aromatic rings. The van der Waals surface area contributed by atoms with Crippen LogP contribution in [0.15, 0.2) is 24.3 Å². The molecule has 4 heteroatoms. The van der Waals surface area contributed by atoms with E-state index >= 15 is 0 Å². The lowest BCUT2D eigenvalue weighted by molar-refractivity contribution is -0.119. The molecule has 1 rings (SSSR count). The lowest BCUT2D eigenvalue weighted by Gasteiger charge is -2.23. The number of carbonyl (C=O) groups excluding carboxylic acids is 1. The van der Waals surface area contributed by atoms with E-state index in [0.717, 1.165) is 24.3 Å². The van der Waals surface area contributed by atoms with E-state index in [9.17, 15) is 4.79 Å². The zero-order valence-electron chi connectivity index (χ0n) is 9.86. The Hall–Kier alpha value is -1.71. The molecular weight excluding hydrogens is 202 g/mol. The number of likely N-dealkylation sites (N-methyl/N-ethyl adjacent to an activating group) is 1. The SMILES string of the molecule is CCCN(CC(=O)NC)c1ccc(N)cc1. The number of hydrogen-bond acceptors (Lipinski definition) is 3. The fraction of sp³-hybridized carbons (Fsp3) is 0.417. The molecule has 0 bridgehead atoms. The van der Waals surface area contributed by atoms with Crippen LogP contribution in [-0.2, 0) is 4.79 Å². The Morgan fingerprint density at radius 2 is 2.00 bits per heavy atom. The van der Waals surface area contributed by atoms with Gasteiger partial charge in [-0.15, -0.1) is 0 Å². The summed E-state index contributed by atoms with van der Waals surface area (Å²) in [7, 11) is 1.65. The summed E-state index contributed by atoms with van der Waals surface area (Å²) >= 11 is 0. The van der Waals surface area contributed by atoms with Gasteiger partial charge in [0, 0.05) is 25.0 Å². The van der Waals surface area contributed by atoms with Crippen molar-refractivity contribution in [3.05, 3.63) is 24.3 Å². The average molecular weight is 221 g/mol. The minimum Gasteiger partial charge on any atom is -0.399 e. The van der Waals surface area contributed by atoms with Gasteiger partial charge < -0.3 is 16.0 Å². The molecule has 16 heavy (non-hydrogen) atoms. The normalized spacial score (nSPS) is 9.88. The first kappa shape index (κ1) is 12.4. The number of nitrogens with zero attached hydrogens (tertiary/aromatic N) is 1. The molecular formula is C12H19N3O. The molecule has 0 fully saturated rings. The molecule has 1 amide bonds. The summed E-state index contributed by atoms with van der Waals surface area (Å²) in [5.74, 6) is 0.0188. The number of nitrogens with two attached hydrogens (primary N) is 1. The van der Waals surface area contributed by atoms with Crippen molar-refractivity contribution in [2.75, 3.05) is 30.8 Å². The largest absolute Gasteiger partial charge is 0.399 e. The minimum absolute atomic E-state index is 0.0188. The highest BCUT2D eigenvalue weighted by Gasteiger charge is 2.09. The maximum absolute atomic E-state index is 11.4. The van der Waals surface area contributed by atoms with Gasteiger partial charge in [0.05, 0.1) is 6.54 Å². The molecule has 3 N–H and O–H groups in total. The van der Waals surface area contributed by atoms with E-state index in [1.807, 2.05) is 29.2 Å². The zero-order valence-corrected chi connectivity index (χ0v) is 9.86. The topological polar surface area (TPSA) is 58.4 Å². The van der Waals surface area contributed by atoms with Crippen molar-refractivity contribution in [3.63, 3.8) is 0 Å². The zero-order chi connectivity index (χ0) is 12.0. The van der Waals surface area contributed by atoms with Gasteiger partial charge in [-0.05, 0) is 30.7 Å². The Balaban J connectivity index is 2.76. The first-order chi connectivity index (χ1) is 7.67. The average Bonchev–Trinajstić information content (AvgIpc) is 2.29. The highest BCUT2D eigenvalue weighted by atomic mass is 16.1. The van der Waals surface area contributed by atoms with E-state index < -0.39 is 0 Å². The maximum atomic E-state index is 11.4. The van der Waals surface area contributed by atoms with Crippen LogP contribution in [0.1, 0.15) is 13.3 Å². The lowest BCUT2D eigenvalue weighted by Crippen LogP contribution is -2.36. The van der Waals surface area contributed by atoms with E-state index in [4.69, 9.17) is 5.73 Å². The van der Waals surface area contributed by atoms with Gasteiger partial charge in [0.15, 0.2) is 0 Å². The molecule has 1 aromatic carbocycles. The first-order valence-corrected chi connectivity index (χ1v) is 5.48. The van der Waals surface area contributed by atoms with Gasteiger partial charge in [-0.25, -0.2) is 0 Å². The van der Waals surface area contributed by atoms with Crippen LogP contribution in [0.4, 0.5) is 11.4 Å². The second-order valence-corrected chi connectivity index (χ2v) is 3.69. The van der Waals surface area contributed by atoms with Gasteiger partial charge >= 0.3 is 0 Å². The fourth-order valence-corrected chi connectivity index (χ4v) is 1.51. The summed E-state index contributed by atoms with van der Waals surface area (Å²) in [6.45, 7) is 3.33. The van der Waals surface area contributed by atoms with E-state index in [0.29, 0.717) is 6.54 Å². The third-order valence-electron chi connectivity index (χ3n) is 2.37. The molecule has 0 heterocycles. The molecule has 0 saturated heterocycles. The molecule has 0 atom stereocenters. The van der Waals surface area contributed by atoms with Crippen LogP contribution >= 0.6 is 0 Å². The molecule has 0 aliphatic carbocycles. The van der Waals surface area contributed by atoms with Crippen molar-refractivity contribution in [2.45, 2.75) is 13.3 Å². The molecule has 0 saturated carbocycles. The van der Waals surface area contributed by atoms with Gasteiger partial charge in [-0.2, -0.15) is 0 Å². The maximum Gasteiger partial charge on any atom is 0.239 e. The van der Waals surface area contributed by atoms with Crippen LogP contribution in [0.25, 0.3) is 0 Å². The van der Waals surface area contributed by atoms with Crippen molar-refractivity contribution in [3.8, 4) is 0 Å². The third kappa shape index (κ3) is 3.46. The summed E-state index contributed by atoms with van der Waals surface area (Å²) in [5, 5.41) is 2.63. The molecule has 0 aliphatic heterocycles. The summed E-state index contributed by atoms with van der Waals surface area (Å²) in [4.78, 5) is 13.4. The van der Waals surface area contributed by atoms with Crippen LogP contribution in [-0.4, -0.2) is 26.0 Å². The van der Waals surface area contributed by atoms with Gasteiger partial charge in [-0.1, -0.05) is 6.92 Å². The van der Waals surface area contributed by atoms with Crippen LogP contribution in [0.2, 0.25) is 0 Å². The Bertz CT molecular complexity index is 335. The molecule has 0 spiro atoms. The van der Waals surface area contributed by atoms with E-state index in [-0.39, 0.29) is 5.91 Å². The van der Waals surface area contributed by atoms with Crippen LogP contribution in [0, 0.1) is 0 Å². The minimum atomic E-state index is 0.0188. The monoisotopic (exact) mass is 221 g/mol. The summed E-state index contributed by atoms with van der Waals surface area (Å²) < 4.78 is 0. The highest BCUT2D eigenvalue weighted by Crippen LogP contribution is 2.16. The second kappa shape index (κ2) is 6.00. The predicted octanol–water partition coefficient (Wildman–Crippen LogP) is 1.23. The van der Waals surface area contributed by atoms with Gasteiger partial charge in [0.25, 0.3) is 0 Å². The van der Waals surface area contributed by atoms with E-state index in [1.54, 1.807) is 7.05 Å². The second-order valence-electron chi connectivity index (χ2n) is 3.69. The molecule has 0 aliphatic rings. The Kier molecular flexibility index (Phi) is 4.64. The summed E-state index contributed by atoms with van der Waals surface area (Å²) in [6.07, 6.45) is 1.00. The van der Waals surface area contributed by atoms with E-state index in [2.05, 4.69) is 12.2 Å². The molecule has 88 valence electrons. The van der Waals surface area contributed by atoms with Crippen LogP contribution in [0.3, 0.4) is 0 Å². The lowest BCUT2D eigenvalue weighted by atomic mass is 10.2. The number of nitrogens with one attached hydrogen (secondary N) is 1. The summed E-state index contributed by atoms with van der Waals surface area (Å²) in [6, 6.07) is 7.57. The van der Waals surface area contributed by atoms with Crippen molar-refractivity contribution in [1.82, 2.24) is 5.32 Å². The molecule has 0 unspecified atom stereocenters. The molecule has 0 radical (unpaired) electrons. The van der Waals surface area contributed by atoms with Crippen LogP contribution < -0.4 is 16.0 Å². The van der Waals surface area contributed by atoms with Crippen LogP contribution in [0.5, 0.6) is 0 Å². The van der Waals surface area contributed by atoms with Gasteiger partial charge in [-0.3, -0.25) is 4.79 Å². The number of anilines is 2. The Morgan fingerprint density at radius 3 is 2.50 bits per heavy atom. The van der Waals surface area contributed by atoms with E-state index in [1.165, 1.54) is 0 Å². The Labute approximate surface area is 96.4 Å². The van der Waals surface area contributed by atoms with Crippen molar-refractivity contribution in [2.24, 2.45) is 0 Å². The van der Waals surface area contributed by atoms with Gasteiger partial charge in [0.2, 0.25) is 5.91 Å². The van der Waals surface area contributed by atoms with Crippen molar-refractivity contribution < 1.29 is 4.79 Å². The number of rotatable bonds is 5. The number of amides is 1. The predicted molar refractivity (Wildman–Crippen MR) is 67.4 cm³/mol. The van der Waals surface area contributed by atoms with Gasteiger partial charge in [0.1, 0.15) is 0 Å². The van der Waals surface area contributed by atoms with Crippen molar-refractivity contribution >= 4 is 17.3 Å². The smallest absolute Gasteiger partial charge is 0.239 e. The molecule has 0 aromatic heterocycles. The fourth-order valence-electron chi connectivity index (χ4n) is 1.51. The first-order valence-electron chi connectivity index (χ1n) is 5.48. The highest BCUT2D eigenvalue weighted by molar-refractivity contribution is 5.81. The van der Waals surface area contributed by atoms with Crippen molar-refractivity contribution in [1.29, 1.82) is 0 Å². The quantitative estimate of drug-likeness (QED) is 0.735. The number of benzene rings is 1. The number of hydrogen-bond donors (Lipinski definition) is 2. The number of nitrogen functional groups attached to an aromatic ring is 1. The standard InChI is InChI=1S/C12H19N3O/c1-3-8-15(9-12(16)14-2)11-6-4-10(13)5-7-11/h4-7H,3,8-9,13H2,1-2H3,(H,14,16). The Morgan fingerprint density at radius 1 is 1.38 bits per heavy atom.